The minimum atomic E-state index is -0.146. The number of aryl methyl sites for hydroxylation is 2. The summed E-state index contributed by atoms with van der Waals surface area (Å²) < 4.78 is 1.88. The largest absolute Gasteiger partial charge is 0.393 e. The average molecular weight is 208 g/mol. The number of nitrogens with zero attached hydrogens (tertiary/aromatic N) is 2. The summed E-state index contributed by atoms with van der Waals surface area (Å²) in [5.74, 6) is 1.25. The zero-order valence-corrected chi connectivity index (χ0v) is 9.56. The normalized spacial score (nSPS) is 20.2. The Morgan fingerprint density at radius 1 is 1.60 bits per heavy atom. The summed E-state index contributed by atoms with van der Waals surface area (Å²) in [5, 5.41) is 14.1. The topological polar surface area (TPSA) is 38.1 Å². The fourth-order valence-electron chi connectivity index (χ4n) is 2.14. The van der Waals surface area contributed by atoms with Crippen LogP contribution in [0.2, 0.25) is 0 Å². The summed E-state index contributed by atoms with van der Waals surface area (Å²) in [7, 11) is 1.95. The highest BCUT2D eigenvalue weighted by Gasteiger charge is 2.32. The minimum Gasteiger partial charge on any atom is -0.393 e. The Kier molecular flexibility index (Phi) is 3.10. The summed E-state index contributed by atoms with van der Waals surface area (Å²) in [6.45, 7) is 2.17. The minimum absolute atomic E-state index is 0.146. The van der Waals surface area contributed by atoms with E-state index < -0.39 is 0 Å². The predicted octanol–water partition coefficient (Wildman–Crippen LogP) is 1.76. The summed E-state index contributed by atoms with van der Waals surface area (Å²) in [6, 6.07) is 2.02. The van der Waals surface area contributed by atoms with Crippen LogP contribution in [0.15, 0.2) is 12.3 Å². The summed E-state index contributed by atoms with van der Waals surface area (Å²) in [4.78, 5) is 0. The van der Waals surface area contributed by atoms with E-state index in [1.165, 1.54) is 18.5 Å². The summed E-state index contributed by atoms with van der Waals surface area (Å²) in [5.41, 5.74) is 1.21. The van der Waals surface area contributed by atoms with Gasteiger partial charge in [0, 0.05) is 18.9 Å². The molecule has 2 unspecified atom stereocenters. The van der Waals surface area contributed by atoms with Crippen LogP contribution >= 0.6 is 0 Å². The first-order valence-corrected chi connectivity index (χ1v) is 5.83. The van der Waals surface area contributed by atoms with Gasteiger partial charge in [0.2, 0.25) is 0 Å². The Morgan fingerprint density at radius 2 is 2.33 bits per heavy atom. The SMILES string of the molecule is CC(C(O)CCc1ccnn1C)C1CC1. The highest BCUT2D eigenvalue weighted by Crippen LogP contribution is 2.38. The fourth-order valence-corrected chi connectivity index (χ4v) is 2.14. The first-order chi connectivity index (χ1) is 7.18. The summed E-state index contributed by atoms with van der Waals surface area (Å²) in [6.07, 6.45) is 6.07. The number of aromatic nitrogens is 2. The highest BCUT2D eigenvalue weighted by atomic mass is 16.3. The first-order valence-electron chi connectivity index (χ1n) is 5.83. The van der Waals surface area contributed by atoms with Gasteiger partial charge >= 0.3 is 0 Å². The molecular formula is C12H20N2O. The molecule has 1 aromatic rings. The molecule has 84 valence electrons. The third-order valence-corrected chi connectivity index (χ3v) is 3.59. The van der Waals surface area contributed by atoms with Crippen LogP contribution in [0.4, 0.5) is 0 Å². The third-order valence-electron chi connectivity index (χ3n) is 3.59. The molecule has 3 heteroatoms. The molecule has 1 saturated carbocycles. The van der Waals surface area contributed by atoms with E-state index in [4.69, 9.17) is 0 Å². The van der Waals surface area contributed by atoms with Gasteiger partial charge in [0.25, 0.3) is 0 Å². The van der Waals surface area contributed by atoms with Crippen LogP contribution in [0.5, 0.6) is 0 Å². The number of rotatable bonds is 5. The molecule has 1 N–H and O–H groups in total. The third kappa shape index (κ3) is 2.59. The Balaban J connectivity index is 1.79. The van der Waals surface area contributed by atoms with Gasteiger partial charge in [-0.2, -0.15) is 5.10 Å². The zero-order valence-electron chi connectivity index (χ0n) is 9.56. The van der Waals surface area contributed by atoms with Gasteiger partial charge in [-0.25, -0.2) is 0 Å². The second-order valence-electron chi connectivity index (χ2n) is 4.75. The van der Waals surface area contributed by atoms with E-state index in [1.54, 1.807) is 0 Å². The number of aliphatic hydroxyl groups excluding tert-OH is 1. The van der Waals surface area contributed by atoms with E-state index in [9.17, 15) is 5.11 Å². The molecule has 0 saturated heterocycles. The fraction of sp³-hybridized carbons (Fsp3) is 0.750. The van der Waals surface area contributed by atoms with Gasteiger partial charge in [0.1, 0.15) is 0 Å². The smallest absolute Gasteiger partial charge is 0.0572 e. The second-order valence-corrected chi connectivity index (χ2v) is 4.75. The number of aliphatic hydroxyl groups is 1. The maximum atomic E-state index is 9.99. The van der Waals surface area contributed by atoms with E-state index in [2.05, 4.69) is 12.0 Å². The molecule has 3 nitrogen and oxygen atoms in total. The molecule has 0 amide bonds. The van der Waals surface area contributed by atoms with Gasteiger partial charge in [-0.05, 0) is 43.6 Å². The first kappa shape index (κ1) is 10.7. The van der Waals surface area contributed by atoms with Crippen molar-refractivity contribution in [3.8, 4) is 0 Å². The van der Waals surface area contributed by atoms with Crippen LogP contribution in [0.1, 0.15) is 31.9 Å². The van der Waals surface area contributed by atoms with Crippen molar-refractivity contribution >= 4 is 0 Å². The molecule has 0 radical (unpaired) electrons. The number of hydrogen-bond donors (Lipinski definition) is 1. The van der Waals surface area contributed by atoms with Crippen LogP contribution < -0.4 is 0 Å². The lowest BCUT2D eigenvalue weighted by molar-refractivity contribution is 0.0963. The van der Waals surface area contributed by atoms with Gasteiger partial charge in [-0.3, -0.25) is 4.68 Å². The molecule has 15 heavy (non-hydrogen) atoms. The Bertz CT molecular complexity index is 317. The molecule has 2 atom stereocenters. The summed E-state index contributed by atoms with van der Waals surface area (Å²) >= 11 is 0. The van der Waals surface area contributed by atoms with Crippen LogP contribution in [0.25, 0.3) is 0 Å². The van der Waals surface area contributed by atoms with E-state index in [0.717, 1.165) is 18.8 Å². The van der Waals surface area contributed by atoms with Crippen molar-refractivity contribution in [3.63, 3.8) is 0 Å². The van der Waals surface area contributed by atoms with Crippen LogP contribution in [-0.4, -0.2) is 21.0 Å². The Morgan fingerprint density at radius 3 is 2.87 bits per heavy atom. The molecule has 1 aromatic heterocycles. The Labute approximate surface area is 91.1 Å². The van der Waals surface area contributed by atoms with Crippen molar-refractivity contribution in [3.05, 3.63) is 18.0 Å². The quantitative estimate of drug-likeness (QED) is 0.800. The van der Waals surface area contributed by atoms with Crippen molar-refractivity contribution in [2.24, 2.45) is 18.9 Å². The molecule has 1 aliphatic carbocycles. The van der Waals surface area contributed by atoms with Crippen molar-refractivity contribution in [1.82, 2.24) is 9.78 Å². The van der Waals surface area contributed by atoms with Crippen LogP contribution in [0.3, 0.4) is 0 Å². The van der Waals surface area contributed by atoms with Gasteiger partial charge in [-0.15, -0.1) is 0 Å². The van der Waals surface area contributed by atoms with Crippen molar-refractivity contribution in [2.45, 2.75) is 38.7 Å². The van der Waals surface area contributed by atoms with Gasteiger partial charge in [-0.1, -0.05) is 6.92 Å². The molecule has 1 heterocycles. The highest BCUT2D eigenvalue weighted by molar-refractivity contribution is 5.00. The van der Waals surface area contributed by atoms with Crippen molar-refractivity contribution in [2.75, 3.05) is 0 Å². The lowest BCUT2D eigenvalue weighted by Gasteiger charge is -2.17. The maximum Gasteiger partial charge on any atom is 0.0572 e. The molecule has 0 spiro atoms. The lowest BCUT2D eigenvalue weighted by atomic mass is 9.95. The van der Waals surface area contributed by atoms with E-state index >= 15 is 0 Å². The predicted molar refractivity (Wildman–Crippen MR) is 59.4 cm³/mol. The zero-order chi connectivity index (χ0) is 10.8. The molecule has 1 fully saturated rings. The van der Waals surface area contributed by atoms with Crippen molar-refractivity contribution in [1.29, 1.82) is 0 Å². The number of hydrogen-bond acceptors (Lipinski definition) is 2. The van der Waals surface area contributed by atoms with Crippen molar-refractivity contribution < 1.29 is 5.11 Å². The van der Waals surface area contributed by atoms with Crippen LogP contribution in [0, 0.1) is 11.8 Å². The molecule has 0 bridgehead atoms. The second kappa shape index (κ2) is 4.35. The van der Waals surface area contributed by atoms with E-state index in [1.807, 2.05) is 24.0 Å². The maximum absolute atomic E-state index is 9.99. The standard InChI is InChI=1S/C12H20N2O/c1-9(10-3-4-10)12(15)6-5-11-7-8-13-14(11)2/h7-10,12,15H,3-6H2,1-2H3. The molecule has 1 aliphatic rings. The molecule has 2 rings (SSSR count). The van der Waals surface area contributed by atoms with Gasteiger partial charge in [0.15, 0.2) is 0 Å². The molecule has 0 aromatic carbocycles. The lowest BCUT2D eigenvalue weighted by Crippen LogP contribution is -2.20. The molecular weight excluding hydrogens is 188 g/mol. The van der Waals surface area contributed by atoms with Crippen LogP contribution in [-0.2, 0) is 13.5 Å². The molecule has 0 aliphatic heterocycles. The Hall–Kier alpha value is -0.830. The van der Waals surface area contributed by atoms with Gasteiger partial charge < -0.3 is 5.11 Å². The van der Waals surface area contributed by atoms with E-state index in [0.29, 0.717) is 5.92 Å². The monoisotopic (exact) mass is 208 g/mol. The average Bonchev–Trinajstić information content (AvgIpc) is 2.99. The van der Waals surface area contributed by atoms with E-state index in [-0.39, 0.29) is 6.10 Å². The van der Waals surface area contributed by atoms with Gasteiger partial charge in [0.05, 0.1) is 6.10 Å².